The van der Waals surface area contributed by atoms with Crippen LogP contribution < -0.4 is 9.47 Å². The summed E-state index contributed by atoms with van der Waals surface area (Å²) in [4.78, 5) is 4.62. The van der Waals surface area contributed by atoms with E-state index in [0.717, 1.165) is 34.4 Å². The molecule has 0 atom stereocenters. The maximum atomic E-state index is 5.45. The van der Waals surface area contributed by atoms with Crippen LogP contribution in [0, 0.1) is 0 Å². The predicted octanol–water partition coefficient (Wildman–Crippen LogP) is 5.00. The number of hydrogen-bond acceptors (Lipinski definition) is 3. The number of nitrogens with zero attached hydrogens (tertiary/aromatic N) is 1. The van der Waals surface area contributed by atoms with E-state index in [2.05, 4.69) is 47.4 Å². The zero-order valence-corrected chi connectivity index (χ0v) is 14.3. The molecule has 4 rings (SSSR count). The first-order valence-electron chi connectivity index (χ1n) is 8.26. The topological polar surface area (TPSA) is 31.4 Å². The Balaban J connectivity index is 1.79. The van der Waals surface area contributed by atoms with Gasteiger partial charge in [0.15, 0.2) is 11.5 Å². The fourth-order valence-electron chi connectivity index (χ4n) is 3.24. The van der Waals surface area contributed by atoms with E-state index in [1.165, 1.54) is 16.3 Å². The quantitative estimate of drug-likeness (QED) is 0.528. The summed E-state index contributed by atoms with van der Waals surface area (Å²) in [5.74, 6) is 1.46. The monoisotopic (exact) mass is 329 g/mol. The van der Waals surface area contributed by atoms with Crippen LogP contribution in [0.4, 0.5) is 0 Å². The fraction of sp³-hybridized carbons (Fsp3) is 0.136. The Morgan fingerprint density at radius 3 is 2.32 bits per heavy atom. The van der Waals surface area contributed by atoms with Gasteiger partial charge in [0.25, 0.3) is 0 Å². The highest BCUT2D eigenvalue weighted by molar-refractivity contribution is 5.88. The summed E-state index contributed by atoms with van der Waals surface area (Å²) in [6.45, 7) is 0. The number of methoxy groups -OCH3 is 2. The van der Waals surface area contributed by atoms with E-state index in [9.17, 15) is 0 Å². The molecule has 0 aliphatic heterocycles. The predicted molar refractivity (Wildman–Crippen MR) is 102 cm³/mol. The second-order valence-corrected chi connectivity index (χ2v) is 6.04. The van der Waals surface area contributed by atoms with E-state index < -0.39 is 0 Å². The molecule has 25 heavy (non-hydrogen) atoms. The molecule has 0 radical (unpaired) electrons. The minimum atomic E-state index is 0.725. The zero-order valence-electron chi connectivity index (χ0n) is 14.3. The molecule has 0 fully saturated rings. The van der Waals surface area contributed by atoms with Crippen molar-refractivity contribution in [3.05, 3.63) is 78.1 Å². The summed E-state index contributed by atoms with van der Waals surface area (Å²) in [6, 6.07) is 21.0. The van der Waals surface area contributed by atoms with Gasteiger partial charge in [0.2, 0.25) is 0 Å². The van der Waals surface area contributed by atoms with Gasteiger partial charge in [-0.3, -0.25) is 4.98 Å². The third kappa shape index (κ3) is 2.89. The van der Waals surface area contributed by atoms with Crippen LogP contribution in [0.3, 0.4) is 0 Å². The summed E-state index contributed by atoms with van der Waals surface area (Å²) in [7, 11) is 3.31. The normalized spacial score (nSPS) is 11.0. The SMILES string of the molecule is COc1cc2ccnc(Cc3ccc4ccccc4c3)c2cc1OC. The Morgan fingerprint density at radius 1 is 0.760 bits per heavy atom. The highest BCUT2D eigenvalue weighted by Gasteiger charge is 2.10. The van der Waals surface area contributed by atoms with Crippen molar-refractivity contribution >= 4 is 21.5 Å². The highest BCUT2D eigenvalue weighted by Crippen LogP contribution is 2.33. The largest absolute Gasteiger partial charge is 0.493 e. The molecule has 1 heterocycles. The Kier molecular flexibility index (Phi) is 3.98. The lowest BCUT2D eigenvalue weighted by Crippen LogP contribution is -1.96. The third-order valence-corrected chi connectivity index (χ3v) is 4.54. The molecule has 0 aliphatic carbocycles. The summed E-state index contributed by atoms with van der Waals surface area (Å²) >= 11 is 0. The number of hydrogen-bond donors (Lipinski definition) is 0. The standard InChI is InChI=1S/C22H19NO2/c1-24-21-13-18-9-10-23-20(19(18)14-22(21)25-2)12-15-7-8-16-5-3-4-6-17(16)11-15/h3-11,13-14H,12H2,1-2H3. The van der Waals surface area contributed by atoms with Crippen LogP contribution in [-0.4, -0.2) is 19.2 Å². The number of rotatable bonds is 4. The number of aromatic nitrogens is 1. The second kappa shape index (κ2) is 6.44. The molecule has 3 heteroatoms. The lowest BCUT2D eigenvalue weighted by Gasteiger charge is -2.12. The molecule has 124 valence electrons. The summed E-state index contributed by atoms with van der Waals surface area (Å²) < 4.78 is 10.9. The maximum absolute atomic E-state index is 5.45. The Labute approximate surface area is 146 Å². The molecule has 3 aromatic carbocycles. The van der Waals surface area contributed by atoms with Gasteiger partial charge in [-0.05, 0) is 39.9 Å². The van der Waals surface area contributed by atoms with Crippen molar-refractivity contribution in [3.8, 4) is 11.5 Å². The Hall–Kier alpha value is -3.07. The van der Waals surface area contributed by atoms with Crippen LogP contribution in [0.1, 0.15) is 11.3 Å². The van der Waals surface area contributed by atoms with E-state index in [1.54, 1.807) is 14.2 Å². The van der Waals surface area contributed by atoms with Gasteiger partial charge < -0.3 is 9.47 Å². The van der Waals surface area contributed by atoms with Crippen molar-refractivity contribution in [2.24, 2.45) is 0 Å². The molecule has 0 N–H and O–H groups in total. The van der Waals surface area contributed by atoms with Crippen LogP contribution in [0.15, 0.2) is 66.9 Å². The molecule has 1 aromatic heterocycles. The first-order valence-corrected chi connectivity index (χ1v) is 8.26. The number of ether oxygens (including phenoxy) is 2. The smallest absolute Gasteiger partial charge is 0.161 e. The van der Waals surface area contributed by atoms with E-state index in [4.69, 9.17) is 9.47 Å². The van der Waals surface area contributed by atoms with Crippen LogP contribution >= 0.6 is 0 Å². The maximum Gasteiger partial charge on any atom is 0.161 e. The van der Waals surface area contributed by atoms with Crippen molar-refractivity contribution in [2.75, 3.05) is 14.2 Å². The van der Waals surface area contributed by atoms with Crippen LogP contribution in [0.25, 0.3) is 21.5 Å². The first kappa shape index (κ1) is 15.5. The molecular weight excluding hydrogens is 310 g/mol. The average molecular weight is 329 g/mol. The van der Waals surface area contributed by atoms with Gasteiger partial charge in [-0.15, -0.1) is 0 Å². The molecule has 0 saturated heterocycles. The van der Waals surface area contributed by atoms with Crippen molar-refractivity contribution in [2.45, 2.75) is 6.42 Å². The number of benzene rings is 3. The van der Waals surface area contributed by atoms with Gasteiger partial charge in [0, 0.05) is 18.0 Å². The van der Waals surface area contributed by atoms with E-state index in [0.29, 0.717) is 0 Å². The van der Waals surface area contributed by atoms with E-state index >= 15 is 0 Å². The Morgan fingerprint density at radius 2 is 1.52 bits per heavy atom. The fourth-order valence-corrected chi connectivity index (χ4v) is 3.24. The van der Waals surface area contributed by atoms with Crippen molar-refractivity contribution in [3.63, 3.8) is 0 Å². The molecule has 0 bridgehead atoms. The molecule has 4 aromatic rings. The number of pyridine rings is 1. The molecule has 0 spiro atoms. The van der Waals surface area contributed by atoms with Crippen molar-refractivity contribution in [1.29, 1.82) is 0 Å². The van der Waals surface area contributed by atoms with Gasteiger partial charge in [-0.2, -0.15) is 0 Å². The molecule has 0 aliphatic rings. The number of fused-ring (bicyclic) bond motifs is 2. The van der Waals surface area contributed by atoms with E-state index in [-0.39, 0.29) is 0 Å². The lowest BCUT2D eigenvalue weighted by molar-refractivity contribution is 0.356. The van der Waals surface area contributed by atoms with E-state index in [1.807, 2.05) is 24.4 Å². The van der Waals surface area contributed by atoms with Gasteiger partial charge in [-0.25, -0.2) is 0 Å². The summed E-state index contributed by atoms with van der Waals surface area (Å²) in [5.41, 5.74) is 2.28. The molecule has 0 saturated carbocycles. The summed E-state index contributed by atoms with van der Waals surface area (Å²) in [5, 5.41) is 4.69. The average Bonchev–Trinajstić information content (AvgIpc) is 2.67. The first-order chi connectivity index (χ1) is 12.3. The lowest BCUT2D eigenvalue weighted by atomic mass is 10.0. The molecule has 3 nitrogen and oxygen atoms in total. The van der Waals surface area contributed by atoms with Crippen LogP contribution in [-0.2, 0) is 6.42 Å². The minimum absolute atomic E-state index is 0.725. The van der Waals surface area contributed by atoms with Crippen LogP contribution in [0.5, 0.6) is 11.5 Å². The highest BCUT2D eigenvalue weighted by atomic mass is 16.5. The van der Waals surface area contributed by atoms with Crippen molar-refractivity contribution in [1.82, 2.24) is 4.98 Å². The van der Waals surface area contributed by atoms with Gasteiger partial charge in [-0.1, -0.05) is 42.5 Å². The molecule has 0 amide bonds. The molecule has 0 unspecified atom stereocenters. The van der Waals surface area contributed by atoms with Gasteiger partial charge in [0.05, 0.1) is 19.9 Å². The minimum Gasteiger partial charge on any atom is -0.493 e. The van der Waals surface area contributed by atoms with Crippen molar-refractivity contribution < 1.29 is 9.47 Å². The zero-order chi connectivity index (χ0) is 17.2. The van der Waals surface area contributed by atoms with Crippen LogP contribution in [0.2, 0.25) is 0 Å². The summed E-state index contributed by atoms with van der Waals surface area (Å²) in [6.07, 6.45) is 2.63. The molecular formula is C22H19NO2. The Bertz CT molecular complexity index is 1060. The third-order valence-electron chi connectivity index (χ3n) is 4.54. The van der Waals surface area contributed by atoms with Gasteiger partial charge in [0.1, 0.15) is 0 Å². The second-order valence-electron chi connectivity index (χ2n) is 6.04. The van der Waals surface area contributed by atoms with Gasteiger partial charge >= 0.3 is 0 Å².